The third-order valence-electron chi connectivity index (χ3n) is 3.60. The van der Waals surface area contributed by atoms with Gasteiger partial charge in [-0.25, -0.2) is 9.37 Å². The smallest absolute Gasteiger partial charge is 0.229 e. The van der Waals surface area contributed by atoms with Crippen LogP contribution in [-0.2, 0) is 0 Å². The van der Waals surface area contributed by atoms with Crippen LogP contribution in [0.3, 0.4) is 0 Å². The van der Waals surface area contributed by atoms with Gasteiger partial charge in [-0.05, 0) is 44.4 Å². The predicted molar refractivity (Wildman–Crippen MR) is 82.5 cm³/mol. The predicted octanol–water partition coefficient (Wildman–Crippen LogP) is 3.66. The second-order valence-electron chi connectivity index (χ2n) is 5.37. The molecule has 110 valence electrons. The second kappa shape index (κ2) is 6.08. The maximum absolute atomic E-state index is 13.2. The molecule has 0 atom stereocenters. The van der Waals surface area contributed by atoms with Gasteiger partial charge in [0, 0.05) is 30.5 Å². The van der Waals surface area contributed by atoms with Crippen LogP contribution in [0.25, 0.3) is 0 Å². The van der Waals surface area contributed by atoms with E-state index in [9.17, 15) is 4.39 Å². The van der Waals surface area contributed by atoms with Gasteiger partial charge in [0.25, 0.3) is 0 Å². The largest absolute Gasteiger partial charge is 0.356 e. The molecule has 0 bridgehead atoms. The van der Waals surface area contributed by atoms with Gasteiger partial charge in [0.05, 0.1) is 0 Å². The lowest BCUT2D eigenvalue weighted by Gasteiger charge is -2.28. The average Bonchev–Trinajstić information content (AvgIpc) is 2.47. The molecule has 0 spiro atoms. The first kappa shape index (κ1) is 13.8. The van der Waals surface area contributed by atoms with Crippen molar-refractivity contribution in [2.75, 3.05) is 23.3 Å². The standard InChI is InChI=1S/C16H19FN4/c1-12-10-15(21-8-3-2-4-9-21)20-16(18-12)19-14-7-5-6-13(17)11-14/h5-7,10-11H,2-4,8-9H2,1H3,(H,18,19,20). The van der Waals surface area contributed by atoms with Crippen molar-refractivity contribution in [1.29, 1.82) is 0 Å². The van der Waals surface area contributed by atoms with Crippen LogP contribution >= 0.6 is 0 Å². The Morgan fingerprint density at radius 2 is 1.90 bits per heavy atom. The number of piperidine rings is 1. The van der Waals surface area contributed by atoms with Gasteiger partial charge >= 0.3 is 0 Å². The molecule has 2 aromatic rings. The highest BCUT2D eigenvalue weighted by atomic mass is 19.1. The Kier molecular flexibility index (Phi) is 3.99. The van der Waals surface area contributed by atoms with Gasteiger partial charge < -0.3 is 10.2 Å². The molecule has 0 radical (unpaired) electrons. The lowest BCUT2D eigenvalue weighted by atomic mass is 10.1. The summed E-state index contributed by atoms with van der Waals surface area (Å²) >= 11 is 0. The first-order chi connectivity index (χ1) is 10.2. The van der Waals surface area contributed by atoms with E-state index in [0.29, 0.717) is 11.6 Å². The maximum Gasteiger partial charge on any atom is 0.229 e. The van der Waals surface area contributed by atoms with Gasteiger partial charge in [-0.2, -0.15) is 4.98 Å². The van der Waals surface area contributed by atoms with Gasteiger partial charge in [-0.15, -0.1) is 0 Å². The van der Waals surface area contributed by atoms with Crippen LogP contribution in [-0.4, -0.2) is 23.1 Å². The third-order valence-corrected chi connectivity index (χ3v) is 3.60. The highest BCUT2D eigenvalue weighted by Gasteiger charge is 2.14. The SMILES string of the molecule is Cc1cc(N2CCCCC2)nc(Nc2cccc(F)c2)n1. The molecule has 1 saturated heterocycles. The van der Waals surface area contributed by atoms with Crippen molar-refractivity contribution < 1.29 is 4.39 Å². The fraction of sp³-hybridized carbons (Fsp3) is 0.375. The van der Waals surface area contributed by atoms with E-state index in [0.717, 1.165) is 24.6 Å². The molecular weight excluding hydrogens is 267 g/mol. The summed E-state index contributed by atoms with van der Waals surface area (Å²) in [7, 11) is 0. The van der Waals surface area contributed by atoms with Crippen molar-refractivity contribution in [2.45, 2.75) is 26.2 Å². The first-order valence-corrected chi connectivity index (χ1v) is 7.34. The molecule has 1 N–H and O–H groups in total. The summed E-state index contributed by atoms with van der Waals surface area (Å²) in [6, 6.07) is 8.32. The number of nitrogens with zero attached hydrogens (tertiary/aromatic N) is 3. The molecular formula is C16H19FN4. The minimum Gasteiger partial charge on any atom is -0.356 e. The van der Waals surface area contributed by atoms with E-state index in [1.165, 1.54) is 31.4 Å². The summed E-state index contributed by atoms with van der Waals surface area (Å²) in [4.78, 5) is 11.2. The minimum absolute atomic E-state index is 0.274. The molecule has 1 aromatic heterocycles. The zero-order valence-electron chi connectivity index (χ0n) is 12.1. The average molecular weight is 286 g/mol. The van der Waals surface area contributed by atoms with Crippen molar-refractivity contribution in [3.05, 3.63) is 41.8 Å². The lowest BCUT2D eigenvalue weighted by Crippen LogP contribution is -2.30. The Morgan fingerprint density at radius 1 is 1.10 bits per heavy atom. The molecule has 1 aromatic carbocycles. The summed E-state index contributed by atoms with van der Waals surface area (Å²) in [5.41, 5.74) is 1.56. The zero-order chi connectivity index (χ0) is 14.7. The number of anilines is 3. The molecule has 0 unspecified atom stereocenters. The van der Waals surface area contributed by atoms with Crippen molar-refractivity contribution in [3.63, 3.8) is 0 Å². The molecule has 5 heteroatoms. The number of hydrogen-bond acceptors (Lipinski definition) is 4. The first-order valence-electron chi connectivity index (χ1n) is 7.34. The molecule has 0 amide bonds. The fourth-order valence-corrected chi connectivity index (χ4v) is 2.59. The quantitative estimate of drug-likeness (QED) is 0.935. The van der Waals surface area contributed by atoms with Gasteiger partial charge in [0.15, 0.2) is 0 Å². The minimum atomic E-state index is -0.274. The number of halogens is 1. The van der Waals surface area contributed by atoms with Crippen molar-refractivity contribution in [2.24, 2.45) is 0 Å². The Labute approximate surface area is 124 Å². The number of hydrogen-bond donors (Lipinski definition) is 1. The number of aromatic nitrogens is 2. The van der Waals surface area contributed by atoms with E-state index >= 15 is 0 Å². The van der Waals surface area contributed by atoms with Crippen LogP contribution in [0.1, 0.15) is 25.0 Å². The summed E-state index contributed by atoms with van der Waals surface area (Å²) in [6.07, 6.45) is 3.69. The molecule has 0 aliphatic carbocycles. The van der Waals surface area contributed by atoms with Gasteiger partial charge in [0.1, 0.15) is 11.6 Å². The van der Waals surface area contributed by atoms with Crippen molar-refractivity contribution in [3.8, 4) is 0 Å². The van der Waals surface area contributed by atoms with Crippen LogP contribution in [0, 0.1) is 12.7 Å². The molecule has 1 aliphatic rings. The fourth-order valence-electron chi connectivity index (χ4n) is 2.59. The maximum atomic E-state index is 13.2. The van der Waals surface area contributed by atoms with Crippen molar-refractivity contribution in [1.82, 2.24) is 9.97 Å². The Balaban J connectivity index is 1.83. The van der Waals surface area contributed by atoms with Crippen molar-refractivity contribution >= 4 is 17.5 Å². The van der Waals surface area contributed by atoms with Crippen LogP contribution < -0.4 is 10.2 Å². The van der Waals surface area contributed by atoms with Crippen LogP contribution in [0.15, 0.2) is 30.3 Å². The van der Waals surface area contributed by atoms with E-state index < -0.39 is 0 Å². The Morgan fingerprint density at radius 3 is 2.67 bits per heavy atom. The molecule has 1 aliphatic heterocycles. The van der Waals surface area contributed by atoms with E-state index in [1.54, 1.807) is 12.1 Å². The Hall–Kier alpha value is -2.17. The van der Waals surface area contributed by atoms with E-state index in [2.05, 4.69) is 20.2 Å². The topological polar surface area (TPSA) is 41.1 Å². The monoisotopic (exact) mass is 286 g/mol. The summed E-state index contributed by atoms with van der Waals surface area (Å²) in [5.74, 6) is 1.19. The number of benzene rings is 1. The number of rotatable bonds is 3. The highest BCUT2D eigenvalue weighted by Crippen LogP contribution is 2.21. The van der Waals surface area contributed by atoms with Gasteiger partial charge in [-0.1, -0.05) is 6.07 Å². The lowest BCUT2D eigenvalue weighted by molar-refractivity contribution is 0.573. The molecule has 3 rings (SSSR count). The van der Waals surface area contributed by atoms with Crippen LogP contribution in [0.5, 0.6) is 0 Å². The third kappa shape index (κ3) is 3.48. The van der Waals surface area contributed by atoms with Crippen LogP contribution in [0.2, 0.25) is 0 Å². The zero-order valence-corrected chi connectivity index (χ0v) is 12.1. The summed E-state index contributed by atoms with van der Waals surface area (Å²) in [6.45, 7) is 4.03. The normalized spacial score (nSPS) is 15.0. The number of aryl methyl sites for hydroxylation is 1. The molecule has 0 saturated carbocycles. The van der Waals surface area contributed by atoms with E-state index in [-0.39, 0.29) is 5.82 Å². The molecule has 21 heavy (non-hydrogen) atoms. The van der Waals surface area contributed by atoms with Gasteiger partial charge in [0.2, 0.25) is 5.95 Å². The molecule has 2 heterocycles. The Bertz CT molecular complexity index is 623. The summed E-state index contributed by atoms with van der Waals surface area (Å²) < 4.78 is 13.2. The highest BCUT2D eigenvalue weighted by molar-refractivity contribution is 5.55. The van der Waals surface area contributed by atoms with E-state index in [4.69, 9.17) is 0 Å². The van der Waals surface area contributed by atoms with Crippen LogP contribution in [0.4, 0.5) is 21.8 Å². The molecule has 4 nitrogen and oxygen atoms in total. The number of nitrogens with one attached hydrogen (secondary N) is 1. The second-order valence-corrected chi connectivity index (χ2v) is 5.37. The van der Waals surface area contributed by atoms with E-state index in [1.807, 2.05) is 13.0 Å². The summed E-state index contributed by atoms with van der Waals surface area (Å²) in [5, 5.41) is 3.08. The van der Waals surface area contributed by atoms with Gasteiger partial charge in [-0.3, -0.25) is 0 Å². The molecule has 1 fully saturated rings.